The van der Waals surface area contributed by atoms with E-state index in [1.54, 1.807) is 24.5 Å². The van der Waals surface area contributed by atoms with Gasteiger partial charge in [0.1, 0.15) is 5.75 Å². The van der Waals surface area contributed by atoms with Crippen molar-refractivity contribution < 1.29 is 9.53 Å². The van der Waals surface area contributed by atoms with Gasteiger partial charge >= 0.3 is 0 Å². The lowest BCUT2D eigenvalue weighted by Crippen LogP contribution is -2.13. The zero-order valence-corrected chi connectivity index (χ0v) is 13.4. The monoisotopic (exact) mass is 309 g/mol. The Balaban J connectivity index is 2.32. The number of anilines is 1. The van der Waals surface area contributed by atoms with Gasteiger partial charge in [-0.15, -0.1) is 11.3 Å². The van der Waals surface area contributed by atoms with Crippen LogP contribution in [0.25, 0.3) is 0 Å². The molecular weight excluding hydrogens is 294 g/mol. The predicted octanol–water partition coefficient (Wildman–Crippen LogP) is 4.59. The van der Waals surface area contributed by atoms with Gasteiger partial charge in [0.2, 0.25) is 0 Å². The second-order valence-electron chi connectivity index (χ2n) is 4.58. The number of thiophene rings is 1. The lowest BCUT2D eigenvalue weighted by atomic mass is 10.2. The summed E-state index contributed by atoms with van der Waals surface area (Å²) in [6.45, 7) is 5.82. The molecule has 2 aromatic rings. The van der Waals surface area contributed by atoms with Crippen molar-refractivity contribution in [3.8, 4) is 5.75 Å². The van der Waals surface area contributed by atoms with Crippen molar-refractivity contribution in [2.24, 2.45) is 0 Å². The van der Waals surface area contributed by atoms with Crippen molar-refractivity contribution in [2.45, 2.75) is 20.8 Å². The number of hydrogen-bond acceptors (Lipinski definition) is 3. The molecule has 1 amide bonds. The minimum Gasteiger partial charge on any atom is -0.495 e. The van der Waals surface area contributed by atoms with E-state index >= 15 is 0 Å². The SMILES string of the molecule is COc1cc(Cl)c(C)cc1NC(=O)c1cc(C)sc1C. The molecule has 0 radical (unpaired) electrons. The van der Waals surface area contributed by atoms with E-state index in [1.165, 1.54) is 0 Å². The molecule has 0 unspecified atom stereocenters. The van der Waals surface area contributed by atoms with Crippen LogP contribution in [0.15, 0.2) is 18.2 Å². The highest BCUT2D eigenvalue weighted by Crippen LogP contribution is 2.32. The molecule has 1 heterocycles. The maximum atomic E-state index is 12.3. The second-order valence-corrected chi connectivity index (χ2v) is 6.45. The van der Waals surface area contributed by atoms with Gasteiger partial charge < -0.3 is 10.1 Å². The van der Waals surface area contributed by atoms with Crippen LogP contribution in [0.4, 0.5) is 5.69 Å². The molecule has 0 saturated heterocycles. The molecule has 1 aromatic carbocycles. The Hall–Kier alpha value is -1.52. The fraction of sp³-hybridized carbons (Fsp3) is 0.267. The van der Waals surface area contributed by atoms with Crippen molar-refractivity contribution in [1.29, 1.82) is 0 Å². The summed E-state index contributed by atoms with van der Waals surface area (Å²) in [6, 6.07) is 5.41. The lowest BCUT2D eigenvalue weighted by molar-refractivity contribution is 0.102. The number of benzene rings is 1. The highest BCUT2D eigenvalue weighted by Gasteiger charge is 2.15. The number of nitrogens with one attached hydrogen (secondary N) is 1. The number of halogens is 1. The minimum atomic E-state index is -0.133. The van der Waals surface area contributed by atoms with E-state index in [2.05, 4.69) is 5.32 Å². The Labute approximate surface area is 127 Å². The summed E-state index contributed by atoms with van der Waals surface area (Å²) in [4.78, 5) is 14.4. The molecule has 106 valence electrons. The summed E-state index contributed by atoms with van der Waals surface area (Å²) in [6.07, 6.45) is 0. The molecular formula is C15H16ClNO2S. The quantitative estimate of drug-likeness (QED) is 0.900. The van der Waals surface area contributed by atoms with Crippen LogP contribution in [0.1, 0.15) is 25.7 Å². The third kappa shape index (κ3) is 2.97. The number of carbonyl (C=O) groups is 1. The van der Waals surface area contributed by atoms with Gasteiger partial charge in [-0.2, -0.15) is 0 Å². The van der Waals surface area contributed by atoms with E-state index in [9.17, 15) is 4.79 Å². The number of methoxy groups -OCH3 is 1. The largest absolute Gasteiger partial charge is 0.495 e. The van der Waals surface area contributed by atoms with E-state index in [1.807, 2.05) is 32.9 Å². The molecule has 0 aliphatic carbocycles. The lowest BCUT2D eigenvalue weighted by Gasteiger charge is -2.12. The van der Waals surface area contributed by atoms with Crippen LogP contribution in [0, 0.1) is 20.8 Å². The highest BCUT2D eigenvalue weighted by atomic mass is 35.5. The van der Waals surface area contributed by atoms with Crippen LogP contribution in [0.3, 0.4) is 0 Å². The van der Waals surface area contributed by atoms with Crippen LogP contribution in [-0.4, -0.2) is 13.0 Å². The molecule has 3 nitrogen and oxygen atoms in total. The molecule has 5 heteroatoms. The summed E-state index contributed by atoms with van der Waals surface area (Å²) >= 11 is 7.67. The van der Waals surface area contributed by atoms with Gasteiger partial charge in [0.25, 0.3) is 5.91 Å². The summed E-state index contributed by atoms with van der Waals surface area (Å²) in [5.41, 5.74) is 2.21. The minimum absolute atomic E-state index is 0.133. The molecule has 0 bridgehead atoms. The van der Waals surface area contributed by atoms with E-state index in [0.717, 1.165) is 15.3 Å². The summed E-state index contributed by atoms with van der Waals surface area (Å²) in [7, 11) is 1.55. The van der Waals surface area contributed by atoms with Gasteiger partial charge in [0.15, 0.2) is 0 Å². The second kappa shape index (κ2) is 5.85. The Kier molecular flexibility index (Phi) is 4.35. The van der Waals surface area contributed by atoms with E-state index in [4.69, 9.17) is 16.3 Å². The first-order valence-electron chi connectivity index (χ1n) is 6.15. The predicted molar refractivity (Wildman–Crippen MR) is 84.5 cm³/mol. The van der Waals surface area contributed by atoms with Crippen molar-refractivity contribution >= 4 is 34.5 Å². The normalized spacial score (nSPS) is 10.4. The molecule has 2 rings (SSSR count). The van der Waals surface area contributed by atoms with Crippen molar-refractivity contribution in [3.05, 3.63) is 44.1 Å². The van der Waals surface area contributed by atoms with Gasteiger partial charge in [0.05, 0.1) is 18.4 Å². The third-order valence-corrected chi connectivity index (χ3v) is 4.39. The number of ether oxygens (including phenoxy) is 1. The van der Waals surface area contributed by atoms with Gasteiger partial charge in [-0.1, -0.05) is 11.6 Å². The first-order valence-corrected chi connectivity index (χ1v) is 7.34. The highest BCUT2D eigenvalue weighted by molar-refractivity contribution is 7.12. The Morgan fingerprint density at radius 1 is 1.25 bits per heavy atom. The van der Waals surface area contributed by atoms with Crippen molar-refractivity contribution in [3.63, 3.8) is 0 Å². The molecule has 20 heavy (non-hydrogen) atoms. The molecule has 0 atom stereocenters. The zero-order valence-electron chi connectivity index (χ0n) is 11.8. The average molecular weight is 310 g/mol. The van der Waals surface area contributed by atoms with Crippen LogP contribution >= 0.6 is 22.9 Å². The molecule has 1 N–H and O–H groups in total. The fourth-order valence-corrected chi connectivity index (χ4v) is 3.05. The Morgan fingerprint density at radius 2 is 1.95 bits per heavy atom. The maximum Gasteiger partial charge on any atom is 0.256 e. The average Bonchev–Trinajstić information content (AvgIpc) is 2.72. The van der Waals surface area contributed by atoms with E-state index < -0.39 is 0 Å². The standard InChI is InChI=1S/C15H16ClNO2S/c1-8-5-13(14(19-4)7-12(8)16)17-15(18)11-6-9(2)20-10(11)3/h5-7H,1-4H3,(H,17,18). The van der Waals surface area contributed by atoms with E-state index in [-0.39, 0.29) is 5.91 Å². The molecule has 0 aliphatic heterocycles. The van der Waals surface area contributed by atoms with Crippen LogP contribution in [-0.2, 0) is 0 Å². The molecule has 0 spiro atoms. The number of amides is 1. The molecule has 0 saturated carbocycles. The Morgan fingerprint density at radius 3 is 2.50 bits per heavy atom. The van der Waals surface area contributed by atoms with Crippen LogP contribution in [0.5, 0.6) is 5.75 Å². The molecule has 0 fully saturated rings. The topological polar surface area (TPSA) is 38.3 Å². The van der Waals surface area contributed by atoms with Crippen LogP contribution < -0.4 is 10.1 Å². The van der Waals surface area contributed by atoms with E-state index in [0.29, 0.717) is 22.0 Å². The number of rotatable bonds is 3. The summed E-state index contributed by atoms with van der Waals surface area (Å²) in [5, 5.41) is 3.50. The van der Waals surface area contributed by atoms with Gasteiger partial charge in [-0.25, -0.2) is 0 Å². The number of carbonyl (C=O) groups excluding carboxylic acids is 1. The Bertz CT molecular complexity index is 664. The van der Waals surface area contributed by atoms with Crippen molar-refractivity contribution in [1.82, 2.24) is 0 Å². The summed E-state index contributed by atoms with van der Waals surface area (Å²) in [5.74, 6) is 0.422. The first kappa shape index (κ1) is 14.9. The van der Waals surface area contributed by atoms with Gasteiger partial charge in [-0.05, 0) is 38.5 Å². The zero-order chi connectivity index (χ0) is 14.9. The molecule has 1 aromatic heterocycles. The number of aryl methyl sites for hydroxylation is 3. The first-order chi connectivity index (χ1) is 9.42. The maximum absolute atomic E-state index is 12.3. The number of hydrogen-bond donors (Lipinski definition) is 1. The third-order valence-electron chi connectivity index (χ3n) is 3.01. The fourth-order valence-electron chi connectivity index (χ4n) is 1.98. The van der Waals surface area contributed by atoms with Crippen molar-refractivity contribution in [2.75, 3.05) is 12.4 Å². The summed E-state index contributed by atoms with van der Waals surface area (Å²) < 4.78 is 5.26. The molecule has 0 aliphatic rings. The van der Waals surface area contributed by atoms with Gasteiger partial charge in [-0.3, -0.25) is 4.79 Å². The smallest absolute Gasteiger partial charge is 0.256 e. The van der Waals surface area contributed by atoms with Crippen LogP contribution in [0.2, 0.25) is 5.02 Å². The van der Waals surface area contributed by atoms with Gasteiger partial charge in [0, 0.05) is 20.8 Å².